The number of ether oxygens (including phenoxy) is 2. The molecule has 0 saturated carbocycles. The van der Waals surface area contributed by atoms with E-state index < -0.39 is 0 Å². The number of halogens is 2. The lowest BCUT2D eigenvalue weighted by Gasteiger charge is -2.16. The van der Waals surface area contributed by atoms with Crippen LogP contribution in [0.1, 0.15) is 18.1 Å². The van der Waals surface area contributed by atoms with Crippen molar-refractivity contribution in [3.05, 3.63) is 86.9 Å². The second kappa shape index (κ2) is 10.7. The number of hydrogen-bond acceptors (Lipinski definition) is 6. The zero-order chi connectivity index (χ0) is 23.2. The highest BCUT2D eigenvalue weighted by molar-refractivity contribution is 7.71. The minimum atomic E-state index is 0.317. The quantitative estimate of drug-likeness (QED) is 0.272. The zero-order valence-corrected chi connectivity index (χ0v) is 20.0. The lowest BCUT2D eigenvalue weighted by atomic mass is 10.2. The van der Waals surface area contributed by atoms with Gasteiger partial charge in [-0.1, -0.05) is 35.3 Å². The normalized spacial score (nSPS) is 10.8. The SMILES string of the molecule is CCOc1cc(CNn2c(-c3ccncc3)n[nH]c2=S)cc(Cl)c1OCc1cccc(Cl)c1. The maximum absolute atomic E-state index is 6.58. The van der Waals surface area contributed by atoms with Crippen LogP contribution in [0.25, 0.3) is 11.4 Å². The fourth-order valence-electron chi connectivity index (χ4n) is 3.22. The molecule has 4 aromatic rings. The van der Waals surface area contributed by atoms with Crippen molar-refractivity contribution in [3.8, 4) is 22.9 Å². The molecule has 2 heterocycles. The summed E-state index contributed by atoms with van der Waals surface area (Å²) in [4.78, 5) is 4.04. The number of nitrogens with one attached hydrogen (secondary N) is 2. The van der Waals surface area contributed by atoms with Crippen LogP contribution in [-0.4, -0.2) is 26.5 Å². The van der Waals surface area contributed by atoms with Gasteiger partial charge >= 0.3 is 0 Å². The molecule has 0 aliphatic rings. The smallest absolute Gasteiger partial charge is 0.214 e. The van der Waals surface area contributed by atoms with Gasteiger partial charge in [0.05, 0.1) is 18.2 Å². The van der Waals surface area contributed by atoms with Gasteiger partial charge in [-0.2, -0.15) is 5.10 Å². The molecule has 2 N–H and O–H groups in total. The molecule has 0 saturated heterocycles. The van der Waals surface area contributed by atoms with Crippen molar-refractivity contribution < 1.29 is 9.47 Å². The van der Waals surface area contributed by atoms with E-state index in [9.17, 15) is 0 Å². The number of hydrogen-bond donors (Lipinski definition) is 2. The van der Waals surface area contributed by atoms with Crippen molar-refractivity contribution in [1.82, 2.24) is 19.9 Å². The van der Waals surface area contributed by atoms with Crippen LogP contribution >= 0.6 is 35.4 Å². The molecule has 0 spiro atoms. The standard InChI is InChI=1S/C23H21Cl2N5O2S/c1-2-31-20-12-16(11-19(25)21(20)32-14-15-4-3-5-18(24)10-15)13-27-30-22(28-29-23(30)33)17-6-8-26-9-7-17/h3-12,27H,2,13-14H2,1H3,(H,29,33). The highest BCUT2D eigenvalue weighted by Gasteiger charge is 2.14. The first-order valence-corrected chi connectivity index (χ1v) is 11.4. The van der Waals surface area contributed by atoms with Crippen LogP contribution in [0.15, 0.2) is 60.9 Å². The van der Waals surface area contributed by atoms with Crippen molar-refractivity contribution >= 4 is 35.4 Å². The number of nitrogens with zero attached hydrogens (tertiary/aromatic N) is 3. The van der Waals surface area contributed by atoms with Crippen LogP contribution in [0.3, 0.4) is 0 Å². The highest BCUT2D eigenvalue weighted by atomic mass is 35.5. The van der Waals surface area contributed by atoms with Crippen LogP contribution in [-0.2, 0) is 13.2 Å². The molecular weight excluding hydrogens is 481 g/mol. The van der Waals surface area contributed by atoms with Crippen molar-refractivity contribution in [2.75, 3.05) is 12.0 Å². The molecule has 0 amide bonds. The first kappa shape index (κ1) is 23.1. The molecule has 4 rings (SSSR count). The van der Waals surface area contributed by atoms with E-state index in [-0.39, 0.29) is 0 Å². The molecular formula is C23H21Cl2N5O2S. The van der Waals surface area contributed by atoms with Gasteiger partial charge in [-0.3, -0.25) is 4.98 Å². The predicted octanol–water partition coefficient (Wildman–Crippen LogP) is 6.03. The Morgan fingerprint density at radius 1 is 1.06 bits per heavy atom. The Morgan fingerprint density at radius 3 is 2.64 bits per heavy atom. The molecule has 0 aliphatic carbocycles. The number of aromatic nitrogens is 4. The summed E-state index contributed by atoms with van der Waals surface area (Å²) in [5.74, 6) is 1.70. The van der Waals surface area contributed by atoms with Crippen LogP contribution in [0.4, 0.5) is 0 Å². The molecule has 0 unspecified atom stereocenters. The Balaban J connectivity index is 1.54. The predicted molar refractivity (Wildman–Crippen MR) is 132 cm³/mol. The van der Waals surface area contributed by atoms with Crippen molar-refractivity contribution in [2.45, 2.75) is 20.1 Å². The van der Waals surface area contributed by atoms with Gasteiger partial charge in [-0.05, 0) is 66.7 Å². The number of benzene rings is 2. The molecule has 0 aliphatic heterocycles. The Kier molecular flexibility index (Phi) is 7.49. The fraction of sp³-hybridized carbons (Fsp3) is 0.174. The number of rotatable bonds is 9. The van der Waals surface area contributed by atoms with Gasteiger partial charge in [-0.25, -0.2) is 9.77 Å². The van der Waals surface area contributed by atoms with Crippen molar-refractivity contribution in [2.24, 2.45) is 0 Å². The van der Waals surface area contributed by atoms with Gasteiger partial charge in [0.25, 0.3) is 0 Å². The second-order valence-corrected chi connectivity index (χ2v) is 8.25. The van der Waals surface area contributed by atoms with Gasteiger partial charge in [0, 0.05) is 23.0 Å². The third-order valence-electron chi connectivity index (χ3n) is 4.69. The van der Waals surface area contributed by atoms with E-state index >= 15 is 0 Å². The summed E-state index contributed by atoms with van der Waals surface area (Å²) in [6.45, 7) is 3.13. The van der Waals surface area contributed by atoms with E-state index in [4.69, 9.17) is 44.9 Å². The van der Waals surface area contributed by atoms with E-state index in [2.05, 4.69) is 20.6 Å². The van der Waals surface area contributed by atoms with Gasteiger partial charge in [0.1, 0.15) is 6.61 Å². The summed E-state index contributed by atoms with van der Waals surface area (Å²) in [7, 11) is 0. The monoisotopic (exact) mass is 501 g/mol. The Labute approximate surface area is 206 Å². The average Bonchev–Trinajstić information content (AvgIpc) is 3.18. The second-order valence-electron chi connectivity index (χ2n) is 7.02. The summed E-state index contributed by atoms with van der Waals surface area (Å²) in [6.07, 6.45) is 3.40. The molecule has 0 atom stereocenters. The molecule has 0 bridgehead atoms. The van der Waals surface area contributed by atoms with Gasteiger partial charge in [-0.15, -0.1) is 0 Å². The van der Waals surface area contributed by atoms with E-state index in [1.165, 1.54) is 0 Å². The third-order valence-corrected chi connectivity index (χ3v) is 5.48. The average molecular weight is 502 g/mol. The third kappa shape index (κ3) is 5.65. The van der Waals surface area contributed by atoms with Gasteiger partial charge < -0.3 is 14.9 Å². The fourth-order valence-corrected chi connectivity index (χ4v) is 3.91. The number of pyridine rings is 1. The number of aromatic amines is 1. The minimum absolute atomic E-state index is 0.317. The molecule has 2 aromatic heterocycles. The first-order valence-electron chi connectivity index (χ1n) is 10.2. The summed E-state index contributed by atoms with van der Waals surface area (Å²) >= 11 is 18.0. The largest absolute Gasteiger partial charge is 0.490 e. The van der Waals surface area contributed by atoms with Gasteiger partial charge in [0.2, 0.25) is 4.77 Å². The molecule has 0 radical (unpaired) electrons. The van der Waals surface area contributed by atoms with Crippen molar-refractivity contribution in [3.63, 3.8) is 0 Å². The molecule has 33 heavy (non-hydrogen) atoms. The molecule has 0 fully saturated rings. The van der Waals surface area contributed by atoms with E-state index in [0.29, 0.717) is 51.9 Å². The minimum Gasteiger partial charge on any atom is -0.490 e. The Hall–Kier alpha value is -3.07. The molecule has 7 nitrogen and oxygen atoms in total. The van der Waals surface area contributed by atoms with Crippen LogP contribution < -0.4 is 14.9 Å². The maximum atomic E-state index is 6.58. The van der Waals surface area contributed by atoms with Crippen LogP contribution in [0.5, 0.6) is 11.5 Å². The highest BCUT2D eigenvalue weighted by Crippen LogP contribution is 2.37. The molecule has 170 valence electrons. The topological polar surface area (TPSA) is 77.0 Å². The van der Waals surface area contributed by atoms with E-state index in [1.807, 2.05) is 55.5 Å². The van der Waals surface area contributed by atoms with Gasteiger partial charge in [0.15, 0.2) is 17.3 Å². The molecule has 2 aromatic carbocycles. The van der Waals surface area contributed by atoms with Crippen LogP contribution in [0, 0.1) is 4.77 Å². The van der Waals surface area contributed by atoms with Crippen molar-refractivity contribution in [1.29, 1.82) is 0 Å². The number of H-pyrrole nitrogens is 1. The lowest BCUT2D eigenvalue weighted by Crippen LogP contribution is -2.16. The zero-order valence-electron chi connectivity index (χ0n) is 17.7. The Bertz CT molecular complexity index is 1290. The Morgan fingerprint density at radius 2 is 1.88 bits per heavy atom. The van der Waals surface area contributed by atoms with Crippen LogP contribution in [0.2, 0.25) is 10.0 Å². The summed E-state index contributed by atoms with van der Waals surface area (Å²) in [5, 5.41) is 8.22. The summed E-state index contributed by atoms with van der Waals surface area (Å²) < 4.78 is 13.9. The van der Waals surface area contributed by atoms with E-state index in [1.54, 1.807) is 17.1 Å². The summed E-state index contributed by atoms with van der Waals surface area (Å²) in [5.41, 5.74) is 5.99. The lowest BCUT2D eigenvalue weighted by molar-refractivity contribution is 0.269. The first-order chi connectivity index (χ1) is 16.0. The van der Waals surface area contributed by atoms with E-state index in [0.717, 1.165) is 16.7 Å². The maximum Gasteiger partial charge on any atom is 0.214 e. The summed E-state index contributed by atoms with van der Waals surface area (Å²) in [6, 6.07) is 14.9. The molecule has 10 heteroatoms.